The molecule has 2 aromatic heterocycles. The van der Waals surface area contributed by atoms with Gasteiger partial charge in [0.25, 0.3) is 0 Å². The van der Waals surface area contributed by atoms with Gasteiger partial charge in [-0.25, -0.2) is 4.98 Å². The van der Waals surface area contributed by atoms with E-state index in [0.717, 1.165) is 22.5 Å². The standard InChI is InChI=1S/C24H21F3N4O/c25-24(26,27)22-14-21(18-6-2-4-8-20(18)29-22)30-9-11-31(12-10-30)23(32)13-16-15-28-19-7-3-1-5-17(16)19/h1-8,14-15,28H,9-13H2. The van der Waals surface area contributed by atoms with Crippen molar-refractivity contribution in [3.63, 3.8) is 0 Å². The number of para-hydroxylation sites is 2. The molecule has 8 heteroatoms. The average molecular weight is 438 g/mol. The first-order valence-electron chi connectivity index (χ1n) is 10.4. The van der Waals surface area contributed by atoms with E-state index in [-0.39, 0.29) is 5.91 Å². The van der Waals surface area contributed by atoms with Crippen molar-refractivity contribution in [3.05, 3.63) is 72.1 Å². The highest BCUT2D eigenvalue weighted by molar-refractivity contribution is 5.92. The van der Waals surface area contributed by atoms with Crippen molar-refractivity contribution >= 4 is 33.4 Å². The minimum absolute atomic E-state index is 0.0185. The number of piperazine rings is 1. The lowest BCUT2D eigenvalue weighted by Crippen LogP contribution is -2.49. The minimum atomic E-state index is -4.52. The van der Waals surface area contributed by atoms with Crippen LogP contribution < -0.4 is 4.90 Å². The molecule has 1 amide bonds. The number of halogens is 3. The van der Waals surface area contributed by atoms with Gasteiger partial charge >= 0.3 is 6.18 Å². The SMILES string of the molecule is O=C(Cc1c[nH]c2ccccc12)N1CCN(c2cc(C(F)(F)F)nc3ccccc23)CC1. The molecule has 1 saturated heterocycles. The normalized spacial score (nSPS) is 15.0. The number of aromatic nitrogens is 2. The van der Waals surface area contributed by atoms with Crippen LogP contribution in [0.3, 0.4) is 0 Å². The maximum absolute atomic E-state index is 13.4. The lowest BCUT2D eigenvalue weighted by Gasteiger charge is -2.36. The van der Waals surface area contributed by atoms with Crippen LogP contribution in [0.2, 0.25) is 0 Å². The summed E-state index contributed by atoms with van der Waals surface area (Å²) < 4.78 is 40.2. The number of hydrogen-bond donors (Lipinski definition) is 1. The maximum atomic E-state index is 13.4. The highest BCUT2D eigenvalue weighted by Gasteiger charge is 2.34. The van der Waals surface area contributed by atoms with Gasteiger partial charge < -0.3 is 14.8 Å². The molecule has 5 nitrogen and oxygen atoms in total. The summed E-state index contributed by atoms with van der Waals surface area (Å²) in [6.45, 7) is 1.84. The Hall–Kier alpha value is -3.55. The van der Waals surface area contributed by atoms with E-state index in [0.29, 0.717) is 49.2 Å². The largest absolute Gasteiger partial charge is 0.433 e. The quantitative estimate of drug-likeness (QED) is 0.508. The topological polar surface area (TPSA) is 52.2 Å². The van der Waals surface area contributed by atoms with E-state index in [9.17, 15) is 18.0 Å². The van der Waals surface area contributed by atoms with Crippen LogP contribution in [0.15, 0.2) is 60.8 Å². The highest BCUT2D eigenvalue weighted by Crippen LogP contribution is 2.35. The first kappa shape index (κ1) is 20.4. The Morgan fingerprint density at radius 1 is 0.969 bits per heavy atom. The van der Waals surface area contributed by atoms with Crippen LogP contribution in [0, 0.1) is 0 Å². The number of anilines is 1. The lowest BCUT2D eigenvalue weighted by atomic mass is 10.1. The van der Waals surface area contributed by atoms with E-state index < -0.39 is 11.9 Å². The van der Waals surface area contributed by atoms with Crippen LogP contribution >= 0.6 is 0 Å². The number of nitrogens with one attached hydrogen (secondary N) is 1. The molecule has 5 rings (SSSR count). The molecule has 1 aliphatic heterocycles. The Morgan fingerprint density at radius 3 is 2.41 bits per heavy atom. The number of alkyl halides is 3. The smallest absolute Gasteiger partial charge is 0.367 e. The van der Waals surface area contributed by atoms with E-state index in [1.165, 1.54) is 0 Å². The Morgan fingerprint density at radius 2 is 1.66 bits per heavy atom. The second-order valence-electron chi connectivity index (χ2n) is 7.95. The van der Waals surface area contributed by atoms with E-state index in [4.69, 9.17) is 0 Å². The number of rotatable bonds is 3. The van der Waals surface area contributed by atoms with Crippen molar-refractivity contribution in [1.29, 1.82) is 0 Å². The summed E-state index contributed by atoms with van der Waals surface area (Å²) in [5, 5.41) is 1.71. The lowest BCUT2D eigenvalue weighted by molar-refractivity contribution is -0.140. The van der Waals surface area contributed by atoms with Crippen molar-refractivity contribution in [2.24, 2.45) is 0 Å². The van der Waals surface area contributed by atoms with Gasteiger partial charge in [0.2, 0.25) is 5.91 Å². The Balaban J connectivity index is 1.33. The second kappa shape index (κ2) is 7.85. The van der Waals surface area contributed by atoms with Gasteiger partial charge in [0.15, 0.2) is 0 Å². The van der Waals surface area contributed by atoms with Crippen molar-refractivity contribution < 1.29 is 18.0 Å². The molecular weight excluding hydrogens is 417 g/mol. The first-order chi connectivity index (χ1) is 15.4. The van der Waals surface area contributed by atoms with Crippen molar-refractivity contribution in [2.45, 2.75) is 12.6 Å². The number of fused-ring (bicyclic) bond motifs is 2. The number of H-pyrrole nitrogens is 1. The highest BCUT2D eigenvalue weighted by atomic mass is 19.4. The molecule has 164 valence electrons. The summed E-state index contributed by atoms with van der Waals surface area (Å²) >= 11 is 0. The molecule has 3 heterocycles. The van der Waals surface area contributed by atoms with Crippen LogP contribution in [0.25, 0.3) is 21.8 Å². The molecule has 0 unspecified atom stereocenters. The maximum Gasteiger partial charge on any atom is 0.433 e. The van der Waals surface area contributed by atoms with Gasteiger partial charge in [-0.15, -0.1) is 0 Å². The Bertz CT molecular complexity index is 1290. The van der Waals surface area contributed by atoms with Crippen LogP contribution in [0.4, 0.5) is 18.9 Å². The first-order valence-corrected chi connectivity index (χ1v) is 10.4. The summed E-state index contributed by atoms with van der Waals surface area (Å²) in [6, 6.07) is 15.8. The molecule has 4 aromatic rings. The molecule has 1 aliphatic rings. The minimum Gasteiger partial charge on any atom is -0.367 e. The van der Waals surface area contributed by atoms with E-state index in [1.54, 1.807) is 29.2 Å². The zero-order chi connectivity index (χ0) is 22.3. The monoisotopic (exact) mass is 438 g/mol. The molecule has 2 aromatic carbocycles. The van der Waals surface area contributed by atoms with Crippen LogP contribution in [0.5, 0.6) is 0 Å². The third-order valence-corrected chi connectivity index (χ3v) is 5.97. The zero-order valence-corrected chi connectivity index (χ0v) is 17.2. The number of carbonyl (C=O) groups excluding carboxylic acids is 1. The summed E-state index contributed by atoms with van der Waals surface area (Å²) in [6.07, 6.45) is -2.36. The molecule has 0 saturated carbocycles. The van der Waals surface area contributed by atoms with E-state index in [2.05, 4.69) is 9.97 Å². The van der Waals surface area contributed by atoms with Crippen molar-refractivity contribution in [1.82, 2.24) is 14.9 Å². The van der Waals surface area contributed by atoms with E-state index >= 15 is 0 Å². The van der Waals surface area contributed by atoms with Gasteiger partial charge in [0, 0.05) is 54.4 Å². The summed E-state index contributed by atoms with van der Waals surface area (Å²) in [7, 11) is 0. The van der Waals surface area contributed by atoms with Crippen LogP contribution in [-0.2, 0) is 17.4 Å². The second-order valence-corrected chi connectivity index (χ2v) is 7.95. The zero-order valence-electron chi connectivity index (χ0n) is 17.2. The van der Waals surface area contributed by atoms with Gasteiger partial charge in [0.05, 0.1) is 11.9 Å². The summed E-state index contributed by atoms with van der Waals surface area (Å²) in [4.78, 5) is 23.6. The Kier molecular flexibility index (Phi) is 5.00. The number of hydrogen-bond acceptors (Lipinski definition) is 3. The number of nitrogens with zero attached hydrogens (tertiary/aromatic N) is 3. The summed E-state index contributed by atoms with van der Waals surface area (Å²) in [5.74, 6) is 0.0185. The van der Waals surface area contributed by atoms with Crippen LogP contribution in [-0.4, -0.2) is 47.0 Å². The van der Waals surface area contributed by atoms with Crippen LogP contribution in [0.1, 0.15) is 11.3 Å². The molecule has 32 heavy (non-hydrogen) atoms. The van der Waals surface area contributed by atoms with Crippen molar-refractivity contribution in [3.8, 4) is 0 Å². The molecule has 0 atom stereocenters. The molecule has 0 spiro atoms. The predicted octanol–water partition coefficient (Wildman–Crippen LogP) is 4.63. The van der Waals surface area contributed by atoms with Gasteiger partial charge in [0.1, 0.15) is 5.69 Å². The fourth-order valence-corrected chi connectivity index (χ4v) is 4.31. The van der Waals surface area contributed by atoms with Crippen molar-refractivity contribution in [2.75, 3.05) is 31.1 Å². The molecular formula is C24H21F3N4O. The number of aromatic amines is 1. The third kappa shape index (κ3) is 3.77. The number of pyridine rings is 1. The third-order valence-electron chi connectivity index (χ3n) is 5.97. The van der Waals surface area contributed by atoms with Gasteiger partial charge in [-0.3, -0.25) is 4.79 Å². The van der Waals surface area contributed by atoms with Gasteiger partial charge in [-0.05, 0) is 23.8 Å². The number of carbonyl (C=O) groups is 1. The average Bonchev–Trinajstić information content (AvgIpc) is 3.20. The predicted molar refractivity (Wildman–Crippen MR) is 118 cm³/mol. The molecule has 0 radical (unpaired) electrons. The van der Waals surface area contributed by atoms with Gasteiger partial charge in [-0.2, -0.15) is 13.2 Å². The molecule has 1 fully saturated rings. The molecule has 0 aliphatic carbocycles. The molecule has 1 N–H and O–H groups in total. The fraction of sp³-hybridized carbons (Fsp3) is 0.250. The Labute approximate surface area is 182 Å². The van der Waals surface area contributed by atoms with Gasteiger partial charge in [-0.1, -0.05) is 36.4 Å². The van der Waals surface area contributed by atoms with E-state index in [1.807, 2.05) is 35.4 Å². The number of amides is 1. The fourth-order valence-electron chi connectivity index (χ4n) is 4.31. The number of benzene rings is 2. The summed E-state index contributed by atoms with van der Waals surface area (Å²) in [5.41, 5.74) is 1.86. The molecule has 0 bridgehead atoms.